The number of alkyl halides is 10. The van der Waals surface area contributed by atoms with Crippen molar-refractivity contribution in [2.24, 2.45) is 0 Å². The molecule has 1 unspecified atom stereocenters. The SMILES string of the molecule is CN1C(=O)N(C)[P+]([O-])(OC(C(=O)C(F)(F)C(F)(F)C(F)(F)F)C(F)(F)F)N(C)C1=O. The van der Waals surface area contributed by atoms with Crippen LogP contribution in [0.2, 0.25) is 0 Å². The summed E-state index contributed by atoms with van der Waals surface area (Å²) in [4.78, 5) is 47.8. The highest BCUT2D eigenvalue weighted by atomic mass is 31.2. The Balaban J connectivity index is 3.51. The van der Waals surface area contributed by atoms with Gasteiger partial charge in [-0.25, -0.2) is 14.5 Å². The lowest BCUT2D eigenvalue weighted by atomic mass is 10.0. The molecule has 174 valence electrons. The van der Waals surface area contributed by atoms with Gasteiger partial charge in [-0.05, 0) is 0 Å². The summed E-state index contributed by atoms with van der Waals surface area (Å²) in [7, 11) is -4.08. The third-order valence-corrected chi connectivity index (χ3v) is 6.07. The van der Waals surface area contributed by atoms with Gasteiger partial charge in [0.15, 0.2) is 0 Å². The van der Waals surface area contributed by atoms with E-state index >= 15 is 0 Å². The Hall–Kier alpha value is -1.94. The summed E-state index contributed by atoms with van der Waals surface area (Å²) in [5.74, 6) is -18.4. The van der Waals surface area contributed by atoms with Crippen LogP contribution in [0.3, 0.4) is 0 Å². The minimum Gasteiger partial charge on any atom is -0.617 e. The van der Waals surface area contributed by atoms with Crippen molar-refractivity contribution in [3.63, 3.8) is 0 Å². The number of ketones is 1. The molecule has 1 fully saturated rings. The van der Waals surface area contributed by atoms with Crippen molar-refractivity contribution < 1.29 is 67.7 Å². The second-order valence-electron chi connectivity index (χ2n) is 5.70. The molecule has 0 aromatic heterocycles. The Morgan fingerprint density at radius 3 is 1.57 bits per heavy atom. The number of nitrogens with zero attached hydrogens (tertiary/aromatic N) is 3. The van der Waals surface area contributed by atoms with Crippen LogP contribution in [-0.2, 0) is 9.32 Å². The summed E-state index contributed by atoms with van der Waals surface area (Å²) in [6.45, 7) is 0. The standard InChI is InChI=1S/C11H10F10N3O5P/c1-22-6(26)23(2)30(28,24(3)7(22)27)29-5(9(14,15)16)4(25)8(12,13)10(17,18)11(19,20)21/h5H,1-3H3. The fourth-order valence-electron chi connectivity index (χ4n) is 1.97. The Labute approximate surface area is 160 Å². The molecule has 0 aromatic rings. The van der Waals surface area contributed by atoms with Crippen LogP contribution in [0, 0.1) is 0 Å². The molecule has 0 aliphatic carbocycles. The van der Waals surface area contributed by atoms with Gasteiger partial charge in [0, 0.05) is 7.05 Å². The van der Waals surface area contributed by atoms with Crippen LogP contribution < -0.4 is 4.89 Å². The lowest BCUT2D eigenvalue weighted by Crippen LogP contribution is -2.63. The lowest BCUT2D eigenvalue weighted by Gasteiger charge is -2.46. The highest BCUT2D eigenvalue weighted by Crippen LogP contribution is 2.62. The average Bonchev–Trinajstić information content (AvgIpc) is 2.58. The van der Waals surface area contributed by atoms with E-state index in [1.807, 2.05) is 0 Å². The fourth-order valence-corrected chi connectivity index (χ4v) is 3.84. The topological polar surface area (TPSA) is 93.2 Å². The number of carbonyl (C=O) groups excluding carboxylic acids is 3. The summed E-state index contributed by atoms with van der Waals surface area (Å²) < 4.78 is 132. The normalized spacial score (nSPS) is 20.0. The van der Waals surface area contributed by atoms with Crippen LogP contribution >= 0.6 is 8.02 Å². The van der Waals surface area contributed by atoms with E-state index in [0.29, 0.717) is 14.1 Å². The highest BCUT2D eigenvalue weighted by molar-refractivity contribution is 7.60. The minimum atomic E-state index is -7.27. The monoisotopic (exact) mass is 485 g/mol. The van der Waals surface area contributed by atoms with Crippen molar-refractivity contribution in [1.29, 1.82) is 0 Å². The quantitative estimate of drug-likeness (QED) is 0.441. The van der Waals surface area contributed by atoms with Crippen molar-refractivity contribution >= 4 is 25.9 Å². The molecular formula is C11H10F10N3O5P. The lowest BCUT2D eigenvalue weighted by molar-refractivity contribution is -0.347. The molecule has 8 nitrogen and oxygen atoms in total. The molecule has 1 saturated heterocycles. The summed E-state index contributed by atoms with van der Waals surface area (Å²) in [6.07, 6.45) is -18.4. The predicted octanol–water partition coefficient (Wildman–Crippen LogP) is 2.42. The molecule has 1 atom stereocenters. The number of hydrogen-bond acceptors (Lipinski definition) is 5. The van der Waals surface area contributed by atoms with Crippen LogP contribution in [0.4, 0.5) is 53.5 Å². The maximum absolute atomic E-state index is 13.5. The Morgan fingerprint density at radius 2 is 1.27 bits per heavy atom. The fraction of sp³-hybridized carbons (Fsp3) is 0.727. The first-order chi connectivity index (χ1) is 13.0. The van der Waals surface area contributed by atoms with E-state index < -0.39 is 56.2 Å². The number of rotatable bonds is 5. The first kappa shape index (κ1) is 26.1. The summed E-state index contributed by atoms with van der Waals surface area (Å²) in [5, 5.41) is 0. The molecule has 4 amide bonds. The van der Waals surface area contributed by atoms with Gasteiger partial charge in [-0.2, -0.15) is 57.8 Å². The van der Waals surface area contributed by atoms with Gasteiger partial charge in [-0.15, -0.1) is 0 Å². The first-order valence-corrected chi connectivity index (χ1v) is 8.60. The van der Waals surface area contributed by atoms with Gasteiger partial charge in [0.1, 0.15) is 0 Å². The van der Waals surface area contributed by atoms with E-state index in [0.717, 1.165) is 7.05 Å². The smallest absolute Gasteiger partial charge is 0.460 e. The number of hydrogen-bond donors (Lipinski definition) is 0. The average molecular weight is 485 g/mol. The van der Waals surface area contributed by atoms with E-state index in [9.17, 15) is 63.2 Å². The summed E-state index contributed by atoms with van der Waals surface area (Å²) in [5.41, 5.74) is 0. The van der Waals surface area contributed by atoms with E-state index in [-0.39, 0.29) is 14.2 Å². The van der Waals surface area contributed by atoms with Gasteiger partial charge in [-0.1, -0.05) is 0 Å². The number of imide groups is 1. The molecule has 0 saturated carbocycles. The van der Waals surface area contributed by atoms with Gasteiger partial charge in [-0.3, -0.25) is 4.79 Å². The number of urea groups is 2. The van der Waals surface area contributed by atoms with E-state index in [2.05, 4.69) is 4.52 Å². The second-order valence-corrected chi connectivity index (χ2v) is 8.09. The molecule has 0 bridgehead atoms. The van der Waals surface area contributed by atoms with E-state index in [1.54, 1.807) is 0 Å². The summed E-state index contributed by atoms with van der Waals surface area (Å²) >= 11 is 0. The molecule has 0 spiro atoms. The first-order valence-electron chi connectivity index (χ1n) is 7.07. The third-order valence-electron chi connectivity index (χ3n) is 3.72. The van der Waals surface area contributed by atoms with Crippen molar-refractivity contribution in [3.8, 4) is 0 Å². The number of halogens is 10. The van der Waals surface area contributed by atoms with Crippen LogP contribution in [0.5, 0.6) is 0 Å². The Morgan fingerprint density at radius 1 is 0.900 bits per heavy atom. The Kier molecular flexibility index (Phi) is 6.38. The maximum Gasteiger partial charge on any atom is 0.460 e. The Bertz CT molecular complexity index is 720. The number of amides is 4. The summed E-state index contributed by atoms with van der Waals surface area (Å²) in [6, 6.07) is -3.25. The largest absolute Gasteiger partial charge is 0.617 e. The highest BCUT2D eigenvalue weighted by Gasteiger charge is 2.79. The van der Waals surface area contributed by atoms with Crippen LogP contribution in [-0.4, -0.2) is 83.5 Å². The zero-order chi connectivity index (χ0) is 24.2. The second kappa shape index (κ2) is 7.33. The van der Waals surface area contributed by atoms with Crippen LogP contribution in [0.15, 0.2) is 0 Å². The number of Topliss-reactive ketones (excluding diaryl/α,β-unsaturated/α-hetero) is 1. The van der Waals surface area contributed by atoms with Gasteiger partial charge in [0.25, 0.3) is 11.9 Å². The van der Waals surface area contributed by atoms with Crippen molar-refractivity contribution in [2.75, 3.05) is 21.1 Å². The third kappa shape index (κ3) is 3.87. The molecule has 1 rings (SSSR count). The van der Waals surface area contributed by atoms with E-state index in [4.69, 9.17) is 0 Å². The molecule has 1 aliphatic heterocycles. The molecule has 1 aliphatic rings. The van der Waals surface area contributed by atoms with Crippen molar-refractivity contribution in [3.05, 3.63) is 0 Å². The zero-order valence-electron chi connectivity index (χ0n) is 14.7. The van der Waals surface area contributed by atoms with Crippen molar-refractivity contribution in [1.82, 2.24) is 14.2 Å². The van der Waals surface area contributed by atoms with Crippen LogP contribution in [0.1, 0.15) is 0 Å². The zero-order valence-corrected chi connectivity index (χ0v) is 15.6. The van der Waals surface area contributed by atoms with Gasteiger partial charge in [0.05, 0.1) is 14.1 Å². The molecule has 19 heteroatoms. The molecular weight excluding hydrogens is 475 g/mol. The molecule has 0 N–H and O–H groups in total. The van der Waals surface area contributed by atoms with Crippen LogP contribution in [0.25, 0.3) is 0 Å². The minimum absolute atomic E-state index is 0.163. The predicted molar refractivity (Wildman–Crippen MR) is 72.9 cm³/mol. The maximum atomic E-state index is 13.5. The molecule has 1 heterocycles. The van der Waals surface area contributed by atoms with Crippen molar-refractivity contribution in [2.45, 2.75) is 30.3 Å². The van der Waals surface area contributed by atoms with E-state index in [1.165, 1.54) is 0 Å². The molecule has 0 radical (unpaired) electrons. The number of carbonyl (C=O) groups is 3. The molecule has 0 aromatic carbocycles. The molecule has 30 heavy (non-hydrogen) atoms. The van der Waals surface area contributed by atoms with Gasteiger partial charge >= 0.3 is 44.3 Å². The van der Waals surface area contributed by atoms with Gasteiger partial charge in [0.2, 0.25) is 0 Å². The van der Waals surface area contributed by atoms with Gasteiger partial charge < -0.3 is 4.89 Å².